The second kappa shape index (κ2) is 7.66. The molecule has 0 saturated carbocycles. The zero-order chi connectivity index (χ0) is 12.6. The van der Waals surface area contributed by atoms with Crippen LogP contribution < -0.4 is 5.32 Å². The molecule has 0 heterocycles. The van der Waals surface area contributed by atoms with Gasteiger partial charge in [0.15, 0.2) is 0 Å². The molecule has 2 N–H and O–H groups in total. The molecule has 16 heavy (non-hydrogen) atoms. The molecule has 0 spiro atoms. The van der Waals surface area contributed by atoms with E-state index in [2.05, 4.69) is 19.2 Å². The van der Waals surface area contributed by atoms with Gasteiger partial charge in [0.2, 0.25) is 0 Å². The van der Waals surface area contributed by atoms with Crippen molar-refractivity contribution in [3.05, 3.63) is 0 Å². The summed E-state index contributed by atoms with van der Waals surface area (Å²) in [5.74, 6) is -0.739. The van der Waals surface area contributed by atoms with Crippen molar-refractivity contribution in [2.75, 3.05) is 0 Å². The van der Waals surface area contributed by atoms with Gasteiger partial charge in [-0.2, -0.15) is 0 Å². The molecule has 0 aromatic carbocycles. The first-order valence-electron chi connectivity index (χ1n) is 6.47. The van der Waals surface area contributed by atoms with E-state index in [1.54, 1.807) is 6.92 Å². The van der Waals surface area contributed by atoms with Crippen LogP contribution in [0.4, 0.5) is 0 Å². The van der Waals surface area contributed by atoms with Crippen LogP contribution in [0.25, 0.3) is 0 Å². The predicted octanol–water partition coefficient (Wildman–Crippen LogP) is 3.19. The minimum Gasteiger partial charge on any atom is -0.480 e. The predicted molar refractivity (Wildman–Crippen MR) is 67.7 cm³/mol. The van der Waals surface area contributed by atoms with E-state index in [0.717, 1.165) is 12.8 Å². The number of aliphatic carboxylic acids is 1. The minimum absolute atomic E-state index is 0.277. The van der Waals surface area contributed by atoms with Crippen LogP contribution in [0.2, 0.25) is 0 Å². The third-order valence-corrected chi connectivity index (χ3v) is 3.03. The molecular formula is C13H27NO2. The largest absolute Gasteiger partial charge is 0.480 e. The lowest BCUT2D eigenvalue weighted by Gasteiger charge is -2.29. The molecule has 0 aliphatic heterocycles. The number of hydrogen-bond acceptors (Lipinski definition) is 2. The van der Waals surface area contributed by atoms with E-state index in [0.29, 0.717) is 6.42 Å². The minimum atomic E-state index is -0.764. The molecule has 96 valence electrons. The quantitative estimate of drug-likeness (QED) is 0.597. The summed E-state index contributed by atoms with van der Waals surface area (Å²) in [6, 6.07) is 0.277. The summed E-state index contributed by atoms with van der Waals surface area (Å²) in [7, 11) is 0. The summed E-state index contributed by atoms with van der Waals surface area (Å²) in [4.78, 5) is 11.2. The van der Waals surface area contributed by atoms with E-state index >= 15 is 0 Å². The normalized spacial score (nSPS) is 16.8. The first-order valence-corrected chi connectivity index (χ1v) is 6.47. The van der Waals surface area contributed by atoms with Crippen molar-refractivity contribution in [2.45, 2.75) is 77.8 Å². The molecule has 0 amide bonds. The van der Waals surface area contributed by atoms with Crippen LogP contribution >= 0.6 is 0 Å². The smallest absolute Gasteiger partial charge is 0.323 e. The first-order chi connectivity index (χ1) is 7.46. The SMILES string of the molecule is CCCCCC(C)NC(C)(CCC)C(=O)O. The van der Waals surface area contributed by atoms with Gasteiger partial charge in [-0.15, -0.1) is 0 Å². The number of hydrogen-bond donors (Lipinski definition) is 2. The zero-order valence-corrected chi connectivity index (χ0v) is 11.2. The maximum absolute atomic E-state index is 11.2. The second-order valence-corrected chi connectivity index (χ2v) is 4.93. The fourth-order valence-corrected chi connectivity index (χ4v) is 2.06. The molecule has 3 heteroatoms. The Balaban J connectivity index is 4.13. The Kier molecular flexibility index (Phi) is 7.39. The van der Waals surface area contributed by atoms with Crippen molar-refractivity contribution in [2.24, 2.45) is 0 Å². The van der Waals surface area contributed by atoms with Gasteiger partial charge in [0.05, 0.1) is 0 Å². The number of carbonyl (C=O) groups is 1. The monoisotopic (exact) mass is 229 g/mol. The van der Waals surface area contributed by atoms with Gasteiger partial charge in [0.1, 0.15) is 5.54 Å². The summed E-state index contributed by atoms with van der Waals surface area (Å²) >= 11 is 0. The molecular weight excluding hydrogens is 202 g/mol. The summed E-state index contributed by atoms with van der Waals surface area (Å²) in [6.45, 7) is 8.06. The highest BCUT2D eigenvalue weighted by Crippen LogP contribution is 2.15. The molecule has 0 fully saturated rings. The Morgan fingerprint density at radius 1 is 1.31 bits per heavy atom. The molecule has 2 unspecified atom stereocenters. The van der Waals surface area contributed by atoms with Gasteiger partial charge in [0.25, 0.3) is 0 Å². The van der Waals surface area contributed by atoms with Crippen LogP contribution in [-0.4, -0.2) is 22.7 Å². The van der Waals surface area contributed by atoms with Crippen LogP contribution in [0.5, 0.6) is 0 Å². The fourth-order valence-electron chi connectivity index (χ4n) is 2.06. The van der Waals surface area contributed by atoms with Crippen molar-refractivity contribution in [3.63, 3.8) is 0 Å². The molecule has 0 radical (unpaired) electrons. The topological polar surface area (TPSA) is 49.3 Å². The number of rotatable bonds is 9. The van der Waals surface area contributed by atoms with Gasteiger partial charge in [0, 0.05) is 6.04 Å². The number of unbranched alkanes of at least 4 members (excludes halogenated alkanes) is 2. The maximum Gasteiger partial charge on any atom is 0.323 e. The van der Waals surface area contributed by atoms with E-state index in [4.69, 9.17) is 0 Å². The molecule has 0 aromatic rings. The van der Waals surface area contributed by atoms with Crippen molar-refractivity contribution < 1.29 is 9.90 Å². The van der Waals surface area contributed by atoms with Gasteiger partial charge in [-0.25, -0.2) is 0 Å². The lowest BCUT2D eigenvalue weighted by molar-refractivity contribution is -0.144. The van der Waals surface area contributed by atoms with Crippen molar-refractivity contribution in [1.29, 1.82) is 0 Å². The van der Waals surface area contributed by atoms with Gasteiger partial charge in [-0.05, 0) is 26.7 Å². The second-order valence-electron chi connectivity index (χ2n) is 4.93. The summed E-state index contributed by atoms with van der Waals surface area (Å²) in [5, 5.41) is 12.5. The number of carboxylic acid groups (broad SMARTS) is 1. The summed E-state index contributed by atoms with van der Waals surface area (Å²) in [6.07, 6.45) is 6.23. The summed E-state index contributed by atoms with van der Waals surface area (Å²) < 4.78 is 0. The van der Waals surface area contributed by atoms with Crippen molar-refractivity contribution in [1.82, 2.24) is 5.32 Å². The van der Waals surface area contributed by atoms with Crippen LogP contribution in [0, 0.1) is 0 Å². The van der Waals surface area contributed by atoms with Crippen molar-refractivity contribution >= 4 is 5.97 Å². The first kappa shape index (κ1) is 15.4. The third-order valence-electron chi connectivity index (χ3n) is 3.03. The van der Waals surface area contributed by atoms with E-state index < -0.39 is 11.5 Å². The Morgan fingerprint density at radius 2 is 1.94 bits per heavy atom. The van der Waals surface area contributed by atoms with E-state index in [1.165, 1.54) is 19.3 Å². The van der Waals surface area contributed by atoms with E-state index in [-0.39, 0.29) is 6.04 Å². The fraction of sp³-hybridized carbons (Fsp3) is 0.923. The highest BCUT2D eigenvalue weighted by Gasteiger charge is 2.32. The summed E-state index contributed by atoms with van der Waals surface area (Å²) in [5.41, 5.74) is -0.764. The highest BCUT2D eigenvalue weighted by molar-refractivity contribution is 5.78. The Labute approximate surface area is 99.6 Å². The molecule has 0 rings (SSSR count). The Morgan fingerprint density at radius 3 is 2.38 bits per heavy atom. The van der Waals surface area contributed by atoms with Crippen LogP contribution in [0.15, 0.2) is 0 Å². The number of nitrogens with one attached hydrogen (secondary N) is 1. The molecule has 3 nitrogen and oxygen atoms in total. The highest BCUT2D eigenvalue weighted by atomic mass is 16.4. The Bertz CT molecular complexity index is 206. The van der Waals surface area contributed by atoms with Gasteiger partial charge >= 0.3 is 5.97 Å². The number of carboxylic acids is 1. The van der Waals surface area contributed by atoms with E-state index in [1.807, 2.05) is 6.92 Å². The van der Waals surface area contributed by atoms with Crippen LogP contribution in [0.3, 0.4) is 0 Å². The molecule has 0 aliphatic rings. The van der Waals surface area contributed by atoms with Gasteiger partial charge in [-0.3, -0.25) is 10.1 Å². The molecule has 0 bridgehead atoms. The average Bonchev–Trinajstić information content (AvgIpc) is 2.18. The zero-order valence-electron chi connectivity index (χ0n) is 11.2. The van der Waals surface area contributed by atoms with Gasteiger partial charge in [-0.1, -0.05) is 39.5 Å². The molecule has 2 atom stereocenters. The average molecular weight is 229 g/mol. The van der Waals surface area contributed by atoms with Crippen LogP contribution in [-0.2, 0) is 4.79 Å². The lowest BCUT2D eigenvalue weighted by atomic mass is 9.94. The van der Waals surface area contributed by atoms with Crippen molar-refractivity contribution in [3.8, 4) is 0 Å². The standard InChI is InChI=1S/C13H27NO2/c1-5-7-8-9-11(3)14-13(4,10-6-2)12(15)16/h11,14H,5-10H2,1-4H3,(H,15,16). The molecule has 0 aliphatic carbocycles. The molecule has 0 aromatic heterocycles. The van der Waals surface area contributed by atoms with Crippen LogP contribution in [0.1, 0.15) is 66.2 Å². The van der Waals surface area contributed by atoms with E-state index in [9.17, 15) is 9.90 Å². The lowest BCUT2D eigenvalue weighted by Crippen LogP contribution is -2.53. The Hall–Kier alpha value is -0.570. The maximum atomic E-state index is 11.2. The third kappa shape index (κ3) is 5.50. The molecule has 0 saturated heterocycles. The van der Waals surface area contributed by atoms with Gasteiger partial charge < -0.3 is 5.11 Å².